The van der Waals surface area contributed by atoms with Gasteiger partial charge in [0.1, 0.15) is 12.3 Å². The minimum Gasteiger partial charge on any atom is -0.478 e. The van der Waals surface area contributed by atoms with E-state index in [1.165, 1.54) is 25.9 Å². The summed E-state index contributed by atoms with van der Waals surface area (Å²) in [7, 11) is 0. The lowest BCUT2D eigenvalue weighted by Crippen LogP contribution is -2.49. The van der Waals surface area contributed by atoms with E-state index in [1.54, 1.807) is 4.90 Å². The average Bonchev–Trinajstić information content (AvgIpc) is 3.14. The molecular formula is C20H29N3O3. The van der Waals surface area contributed by atoms with Gasteiger partial charge in [0.2, 0.25) is 5.91 Å². The molecule has 0 radical (unpaired) electrons. The van der Waals surface area contributed by atoms with E-state index in [-0.39, 0.29) is 18.4 Å². The molecule has 0 aromatic heterocycles. The van der Waals surface area contributed by atoms with E-state index in [2.05, 4.69) is 10.2 Å². The summed E-state index contributed by atoms with van der Waals surface area (Å²) in [5, 5.41) is 2.95. The van der Waals surface area contributed by atoms with Crippen LogP contribution in [0.3, 0.4) is 0 Å². The molecule has 0 bridgehead atoms. The summed E-state index contributed by atoms with van der Waals surface area (Å²) in [6.45, 7) is 7.93. The second-order valence-corrected chi connectivity index (χ2v) is 7.16. The van der Waals surface area contributed by atoms with Gasteiger partial charge in [0.05, 0.1) is 5.69 Å². The van der Waals surface area contributed by atoms with E-state index >= 15 is 0 Å². The van der Waals surface area contributed by atoms with Crippen molar-refractivity contribution in [3.05, 3.63) is 23.8 Å². The van der Waals surface area contributed by atoms with E-state index in [0.29, 0.717) is 24.4 Å². The monoisotopic (exact) mass is 359 g/mol. The Labute approximate surface area is 155 Å². The van der Waals surface area contributed by atoms with Crippen molar-refractivity contribution >= 4 is 17.5 Å². The smallest absolute Gasteiger partial charge is 0.268 e. The van der Waals surface area contributed by atoms with Crippen molar-refractivity contribution in [2.45, 2.75) is 45.6 Å². The molecule has 26 heavy (non-hydrogen) atoms. The molecule has 1 saturated heterocycles. The Morgan fingerprint density at radius 3 is 2.81 bits per heavy atom. The van der Waals surface area contributed by atoms with Crippen LogP contribution in [0.5, 0.6) is 5.75 Å². The van der Waals surface area contributed by atoms with Gasteiger partial charge >= 0.3 is 0 Å². The predicted molar refractivity (Wildman–Crippen MR) is 102 cm³/mol. The molecule has 2 amide bonds. The molecule has 2 aliphatic rings. The first-order chi connectivity index (χ1) is 12.6. The number of likely N-dealkylation sites (tertiary alicyclic amines) is 1. The van der Waals surface area contributed by atoms with Crippen molar-refractivity contribution in [3.63, 3.8) is 0 Å². The maximum atomic E-state index is 12.7. The molecule has 0 aliphatic carbocycles. The van der Waals surface area contributed by atoms with Gasteiger partial charge in [0.15, 0.2) is 6.10 Å². The van der Waals surface area contributed by atoms with E-state index in [1.807, 2.05) is 32.0 Å². The number of aryl methyl sites for hydroxylation is 1. The molecule has 2 heterocycles. The first-order valence-electron chi connectivity index (χ1n) is 9.66. The summed E-state index contributed by atoms with van der Waals surface area (Å²) in [6, 6.07) is 5.73. The first kappa shape index (κ1) is 18.7. The summed E-state index contributed by atoms with van der Waals surface area (Å²) >= 11 is 0. The lowest BCUT2D eigenvalue weighted by atomic mass is 10.1. The highest BCUT2D eigenvalue weighted by Crippen LogP contribution is 2.35. The Bertz CT molecular complexity index is 656. The highest BCUT2D eigenvalue weighted by atomic mass is 16.5. The molecule has 1 aromatic rings. The highest BCUT2D eigenvalue weighted by Gasteiger charge is 2.34. The normalized spacial score (nSPS) is 20.0. The maximum Gasteiger partial charge on any atom is 0.268 e. The van der Waals surface area contributed by atoms with Gasteiger partial charge < -0.3 is 15.0 Å². The predicted octanol–water partition coefficient (Wildman–Crippen LogP) is 2.10. The van der Waals surface area contributed by atoms with Crippen LogP contribution >= 0.6 is 0 Å². The van der Waals surface area contributed by atoms with Crippen LogP contribution in [0.1, 0.15) is 38.2 Å². The third-order valence-electron chi connectivity index (χ3n) is 5.06. The van der Waals surface area contributed by atoms with Crippen molar-refractivity contribution in [1.82, 2.24) is 10.2 Å². The summed E-state index contributed by atoms with van der Waals surface area (Å²) in [6.07, 6.45) is 3.57. The van der Waals surface area contributed by atoms with Crippen molar-refractivity contribution < 1.29 is 14.3 Å². The fourth-order valence-electron chi connectivity index (χ4n) is 3.59. The number of carbonyl (C=O) groups is 2. The number of amides is 2. The second-order valence-electron chi connectivity index (χ2n) is 7.16. The molecule has 6 nitrogen and oxygen atoms in total. The van der Waals surface area contributed by atoms with Gasteiger partial charge in [-0.25, -0.2) is 0 Å². The SMILES string of the molecule is CC[C@H]1Oc2ccc(C)cc2N(CC(=O)NCCCN2CCCC2)C1=O. The van der Waals surface area contributed by atoms with E-state index in [0.717, 1.165) is 18.5 Å². The number of fused-ring (bicyclic) bond motifs is 1. The molecule has 0 saturated carbocycles. The Kier molecular flexibility index (Phi) is 6.14. The maximum absolute atomic E-state index is 12.7. The van der Waals surface area contributed by atoms with Crippen LogP contribution in [0, 0.1) is 6.92 Å². The number of carbonyl (C=O) groups excluding carboxylic acids is 2. The van der Waals surface area contributed by atoms with Crippen LogP contribution in [-0.4, -0.2) is 55.5 Å². The first-order valence-corrected chi connectivity index (χ1v) is 9.66. The summed E-state index contributed by atoms with van der Waals surface area (Å²) < 4.78 is 5.79. The lowest BCUT2D eigenvalue weighted by molar-refractivity contribution is -0.129. The Hall–Kier alpha value is -2.08. The molecule has 1 N–H and O–H groups in total. The summed E-state index contributed by atoms with van der Waals surface area (Å²) in [5.41, 5.74) is 1.72. The number of nitrogens with zero attached hydrogens (tertiary/aromatic N) is 2. The van der Waals surface area contributed by atoms with Gasteiger partial charge in [0.25, 0.3) is 5.91 Å². The van der Waals surface area contributed by atoms with Crippen molar-refractivity contribution in [2.75, 3.05) is 37.6 Å². The van der Waals surface area contributed by atoms with Crippen molar-refractivity contribution in [3.8, 4) is 5.75 Å². The summed E-state index contributed by atoms with van der Waals surface area (Å²) in [4.78, 5) is 29.1. The van der Waals surface area contributed by atoms with Gasteiger partial charge in [-0.3, -0.25) is 14.5 Å². The van der Waals surface area contributed by atoms with Gasteiger partial charge in [-0.1, -0.05) is 13.0 Å². The number of ether oxygens (including phenoxy) is 1. The van der Waals surface area contributed by atoms with Crippen LogP contribution < -0.4 is 15.0 Å². The zero-order valence-electron chi connectivity index (χ0n) is 15.8. The number of hydrogen-bond acceptors (Lipinski definition) is 4. The number of rotatable bonds is 7. The van der Waals surface area contributed by atoms with Crippen LogP contribution in [0.2, 0.25) is 0 Å². The molecule has 3 rings (SSSR count). The molecule has 142 valence electrons. The van der Waals surface area contributed by atoms with Gasteiger partial charge in [-0.05, 0) is 69.9 Å². The van der Waals surface area contributed by atoms with E-state index in [4.69, 9.17) is 4.74 Å². The standard InChI is InChI=1S/C20H29N3O3/c1-3-17-20(25)23(16-13-15(2)7-8-18(16)26-17)14-19(24)21-9-6-12-22-10-4-5-11-22/h7-8,13,17H,3-6,9-12,14H2,1-2H3,(H,21,24)/t17-/m1/s1. The minimum absolute atomic E-state index is 0.0405. The van der Waals surface area contributed by atoms with Gasteiger partial charge in [-0.2, -0.15) is 0 Å². The Balaban J connectivity index is 1.57. The highest BCUT2D eigenvalue weighted by molar-refractivity contribution is 6.03. The second kappa shape index (κ2) is 8.54. The molecule has 0 spiro atoms. The fraction of sp³-hybridized carbons (Fsp3) is 0.600. The molecule has 1 fully saturated rings. The quantitative estimate of drug-likeness (QED) is 0.758. The van der Waals surface area contributed by atoms with Crippen LogP contribution in [0.4, 0.5) is 5.69 Å². The van der Waals surface area contributed by atoms with Crippen molar-refractivity contribution in [1.29, 1.82) is 0 Å². The largest absolute Gasteiger partial charge is 0.478 e. The van der Waals surface area contributed by atoms with Crippen LogP contribution in [-0.2, 0) is 9.59 Å². The zero-order valence-corrected chi connectivity index (χ0v) is 15.8. The van der Waals surface area contributed by atoms with Gasteiger partial charge in [0, 0.05) is 6.54 Å². The number of hydrogen-bond donors (Lipinski definition) is 1. The third kappa shape index (κ3) is 4.36. The van der Waals surface area contributed by atoms with E-state index < -0.39 is 6.10 Å². The molecule has 0 unspecified atom stereocenters. The third-order valence-corrected chi connectivity index (χ3v) is 5.06. The topological polar surface area (TPSA) is 61.9 Å². The van der Waals surface area contributed by atoms with Crippen molar-refractivity contribution in [2.24, 2.45) is 0 Å². The fourth-order valence-corrected chi connectivity index (χ4v) is 3.59. The molecule has 2 aliphatic heterocycles. The van der Waals surface area contributed by atoms with Gasteiger partial charge in [-0.15, -0.1) is 0 Å². The average molecular weight is 359 g/mol. The van der Waals surface area contributed by atoms with Crippen LogP contribution in [0.15, 0.2) is 18.2 Å². The van der Waals surface area contributed by atoms with Crippen LogP contribution in [0.25, 0.3) is 0 Å². The summed E-state index contributed by atoms with van der Waals surface area (Å²) in [5.74, 6) is 0.408. The number of nitrogens with one attached hydrogen (secondary N) is 1. The molecule has 1 atom stereocenters. The Morgan fingerprint density at radius 2 is 2.08 bits per heavy atom. The lowest BCUT2D eigenvalue weighted by Gasteiger charge is -2.34. The molecule has 1 aromatic carbocycles. The zero-order chi connectivity index (χ0) is 18.5. The Morgan fingerprint density at radius 1 is 1.31 bits per heavy atom. The number of benzene rings is 1. The minimum atomic E-state index is -0.520. The van der Waals surface area contributed by atoms with E-state index in [9.17, 15) is 9.59 Å². The number of anilines is 1. The molecular weight excluding hydrogens is 330 g/mol. The molecule has 6 heteroatoms.